The van der Waals surface area contributed by atoms with Crippen LogP contribution in [-0.4, -0.2) is 25.5 Å². The highest BCUT2D eigenvalue weighted by Gasteiger charge is 2.20. The molecule has 1 rings (SSSR count). The van der Waals surface area contributed by atoms with Crippen molar-refractivity contribution in [3.63, 3.8) is 0 Å². The molecule has 0 amide bonds. The summed E-state index contributed by atoms with van der Waals surface area (Å²) in [4.78, 5) is 23.1. The van der Waals surface area contributed by atoms with E-state index in [0.29, 0.717) is 26.1 Å². The van der Waals surface area contributed by atoms with E-state index in [1.807, 2.05) is 30.3 Å². The van der Waals surface area contributed by atoms with Crippen molar-refractivity contribution in [1.82, 2.24) is 0 Å². The lowest BCUT2D eigenvalue weighted by Crippen LogP contribution is -2.20. The highest BCUT2D eigenvalue weighted by molar-refractivity contribution is 5.96. The largest absolute Gasteiger partial charge is 0.469 e. The number of hydrogen-bond donors (Lipinski definition) is 0. The summed E-state index contributed by atoms with van der Waals surface area (Å²) in [6.07, 6.45) is 2.63. The number of ketones is 1. The van der Waals surface area contributed by atoms with Crippen LogP contribution in [0.1, 0.15) is 24.8 Å². The number of rotatable bonds is 10. The molecule has 0 saturated heterocycles. The second-order valence-electron chi connectivity index (χ2n) is 4.77. The minimum Gasteiger partial charge on any atom is -0.469 e. The molecule has 0 heterocycles. The highest BCUT2D eigenvalue weighted by atomic mass is 16.5. The average molecular weight is 290 g/mol. The summed E-state index contributed by atoms with van der Waals surface area (Å²) in [6.45, 7) is 4.64. The van der Waals surface area contributed by atoms with Gasteiger partial charge in [0.15, 0.2) is 0 Å². The van der Waals surface area contributed by atoms with Gasteiger partial charge in [0.25, 0.3) is 0 Å². The number of esters is 1. The SMILES string of the molecule is C=CCC(CCOCc1ccccc1)C(=O)CC(=O)OC. The Balaban J connectivity index is 2.35. The van der Waals surface area contributed by atoms with Crippen LogP contribution in [0.4, 0.5) is 0 Å². The molecular formula is C17H22O4. The lowest BCUT2D eigenvalue weighted by Gasteiger charge is -2.13. The van der Waals surface area contributed by atoms with Crippen molar-refractivity contribution in [3.8, 4) is 0 Å². The van der Waals surface area contributed by atoms with Crippen molar-refractivity contribution in [3.05, 3.63) is 48.6 Å². The fourth-order valence-electron chi connectivity index (χ4n) is 1.96. The van der Waals surface area contributed by atoms with E-state index < -0.39 is 5.97 Å². The third kappa shape index (κ3) is 6.86. The van der Waals surface area contributed by atoms with Crippen LogP contribution in [0.25, 0.3) is 0 Å². The summed E-state index contributed by atoms with van der Waals surface area (Å²) >= 11 is 0. The fraction of sp³-hybridized carbons (Fsp3) is 0.412. The molecule has 0 aliphatic carbocycles. The van der Waals surface area contributed by atoms with Crippen molar-refractivity contribution >= 4 is 11.8 Å². The van der Waals surface area contributed by atoms with Gasteiger partial charge in [0.1, 0.15) is 12.2 Å². The molecule has 1 aromatic rings. The first-order valence-electron chi connectivity index (χ1n) is 6.99. The smallest absolute Gasteiger partial charge is 0.313 e. The molecule has 0 saturated carbocycles. The number of carbonyl (C=O) groups excluding carboxylic acids is 2. The standard InChI is InChI=1S/C17H22O4/c1-3-7-15(16(18)12-17(19)20-2)10-11-21-13-14-8-5-4-6-9-14/h3-6,8-9,15H,1,7,10-13H2,2H3. The molecular weight excluding hydrogens is 268 g/mol. The van der Waals surface area contributed by atoms with Crippen LogP contribution in [0.2, 0.25) is 0 Å². The van der Waals surface area contributed by atoms with Crippen molar-refractivity contribution in [2.24, 2.45) is 5.92 Å². The third-order valence-corrected chi connectivity index (χ3v) is 3.17. The predicted molar refractivity (Wildman–Crippen MR) is 80.7 cm³/mol. The van der Waals surface area contributed by atoms with Gasteiger partial charge in [0.05, 0.1) is 13.7 Å². The van der Waals surface area contributed by atoms with Gasteiger partial charge in [-0.1, -0.05) is 36.4 Å². The van der Waals surface area contributed by atoms with Crippen molar-refractivity contribution in [1.29, 1.82) is 0 Å². The van der Waals surface area contributed by atoms with E-state index in [9.17, 15) is 9.59 Å². The quantitative estimate of drug-likeness (QED) is 0.288. The van der Waals surface area contributed by atoms with Gasteiger partial charge >= 0.3 is 5.97 Å². The summed E-state index contributed by atoms with van der Waals surface area (Å²) in [7, 11) is 1.28. The van der Waals surface area contributed by atoms with Crippen molar-refractivity contribution in [2.75, 3.05) is 13.7 Å². The van der Waals surface area contributed by atoms with E-state index in [2.05, 4.69) is 11.3 Å². The van der Waals surface area contributed by atoms with Crippen LogP contribution in [0.15, 0.2) is 43.0 Å². The number of methoxy groups -OCH3 is 1. The molecule has 1 atom stereocenters. The van der Waals surface area contributed by atoms with Gasteiger partial charge in [0.2, 0.25) is 0 Å². The molecule has 0 aliphatic heterocycles. The normalized spacial score (nSPS) is 11.7. The lowest BCUT2D eigenvalue weighted by atomic mass is 9.95. The van der Waals surface area contributed by atoms with Crippen LogP contribution in [-0.2, 0) is 25.7 Å². The van der Waals surface area contributed by atoms with Crippen LogP contribution in [0, 0.1) is 5.92 Å². The van der Waals surface area contributed by atoms with Crippen LogP contribution in [0.3, 0.4) is 0 Å². The van der Waals surface area contributed by atoms with Crippen LogP contribution < -0.4 is 0 Å². The van der Waals surface area contributed by atoms with E-state index in [0.717, 1.165) is 5.56 Å². The molecule has 114 valence electrons. The minimum atomic E-state index is -0.501. The molecule has 4 heteroatoms. The Hall–Kier alpha value is -1.94. The van der Waals surface area contributed by atoms with E-state index in [-0.39, 0.29) is 18.1 Å². The molecule has 21 heavy (non-hydrogen) atoms. The monoisotopic (exact) mass is 290 g/mol. The first-order valence-corrected chi connectivity index (χ1v) is 6.99. The van der Waals surface area contributed by atoms with Gasteiger partial charge in [0, 0.05) is 12.5 Å². The van der Waals surface area contributed by atoms with E-state index in [4.69, 9.17) is 4.74 Å². The zero-order valence-corrected chi connectivity index (χ0v) is 12.4. The van der Waals surface area contributed by atoms with E-state index >= 15 is 0 Å². The number of allylic oxidation sites excluding steroid dienone is 1. The number of ether oxygens (including phenoxy) is 2. The zero-order valence-electron chi connectivity index (χ0n) is 12.4. The number of carbonyl (C=O) groups is 2. The second-order valence-corrected chi connectivity index (χ2v) is 4.77. The maximum absolute atomic E-state index is 12.0. The number of Topliss-reactive ketones (excluding diaryl/α,β-unsaturated/α-hetero) is 1. The van der Waals surface area contributed by atoms with Gasteiger partial charge < -0.3 is 9.47 Å². The molecule has 4 nitrogen and oxygen atoms in total. The summed E-state index contributed by atoms with van der Waals surface area (Å²) < 4.78 is 10.1. The van der Waals surface area contributed by atoms with Crippen LogP contribution >= 0.6 is 0 Å². The van der Waals surface area contributed by atoms with Gasteiger partial charge in [-0.05, 0) is 18.4 Å². The Bertz CT molecular complexity index is 453. The molecule has 0 radical (unpaired) electrons. The number of hydrogen-bond acceptors (Lipinski definition) is 4. The van der Waals surface area contributed by atoms with Gasteiger partial charge in [-0.2, -0.15) is 0 Å². The summed E-state index contributed by atoms with van der Waals surface area (Å²) in [5, 5.41) is 0. The molecule has 1 aromatic carbocycles. The Morgan fingerprint density at radius 1 is 1.29 bits per heavy atom. The predicted octanol–water partition coefficient (Wildman–Crippen LogP) is 2.92. The summed E-state index contributed by atoms with van der Waals surface area (Å²) in [5.41, 5.74) is 1.10. The summed E-state index contributed by atoms with van der Waals surface area (Å²) in [6, 6.07) is 9.85. The molecule has 0 fully saturated rings. The molecule has 0 N–H and O–H groups in total. The topological polar surface area (TPSA) is 52.6 Å². The van der Waals surface area contributed by atoms with Gasteiger partial charge in [-0.3, -0.25) is 9.59 Å². The molecule has 0 aliphatic rings. The lowest BCUT2D eigenvalue weighted by molar-refractivity contribution is -0.144. The summed E-state index contributed by atoms with van der Waals surface area (Å²) in [5.74, 6) is -0.860. The zero-order chi connectivity index (χ0) is 15.5. The Morgan fingerprint density at radius 3 is 2.62 bits per heavy atom. The maximum atomic E-state index is 12.0. The fourth-order valence-corrected chi connectivity index (χ4v) is 1.96. The van der Waals surface area contributed by atoms with Gasteiger partial charge in [-0.15, -0.1) is 6.58 Å². The van der Waals surface area contributed by atoms with Crippen LogP contribution in [0.5, 0.6) is 0 Å². The van der Waals surface area contributed by atoms with Crippen molar-refractivity contribution < 1.29 is 19.1 Å². The van der Waals surface area contributed by atoms with Gasteiger partial charge in [-0.25, -0.2) is 0 Å². The Kier molecular flexibility index (Phi) is 8.05. The molecule has 0 spiro atoms. The second kappa shape index (κ2) is 9.88. The van der Waals surface area contributed by atoms with E-state index in [1.165, 1.54) is 7.11 Å². The maximum Gasteiger partial charge on any atom is 0.313 e. The first kappa shape index (κ1) is 17.1. The molecule has 1 unspecified atom stereocenters. The van der Waals surface area contributed by atoms with Crippen molar-refractivity contribution in [2.45, 2.75) is 25.9 Å². The van der Waals surface area contributed by atoms with E-state index in [1.54, 1.807) is 6.08 Å². The number of benzene rings is 1. The molecule has 0 aromatic heterocycles. The minimum absolute atomic E-state index is 0.120. The Morgan fingerprint density at radius 2 is 2.00 bits per heavy atom. The average Bonchev–Trinajstić information content (AvgIpc) is 2.51. The first-order chi connectivity index (χ1) is 10.2. The Labute approximate surface area is 125 Å². The molecule has 0 bridgehead atoms. The highest BCUT2D eigenvalue weighted by Crippen LogP contribution is 2.14. The third-order valence-electron chi connectivity index (χ3n) is 3.17.